The Labute approximate surface area is 109 Å². The van der Waals surface area contributed by atoms with Gasteiger partial charge in [0, 0.05) is 19.2 Å². The lowest BCUT2D eigenvalue weighted by Gasteiger charge is -2.29. The van der Waals surface area contributed by atoms with Crippen molar-refractivity contribution in [3.8, 4) is 5.88 Å². The molecule has 0 spiro atoms. The van der Waals surface area contributed by atoms with Crippen LogP contribution >= 0.6 is 0 Å². The van der Waals surface area contributed by atoms with Gasteiger partial charge in [0.05, 0.1) is 6.61 Å². The number of hydrogen-bond acceptors (Lipinski definition) is 5. The van der Waals surface area contributed by atoms with Gasteiger partial charge in [0.1, 0.15) is 12.1 Å². The van der Waals surface area contributed by atoms with Crippen molar-refractivity contribution in [1.29, 1.82) is 0 Å². The minimum Gasteiger partial charge on any atom is -0.478 e. The Kier molecular flexibility index (Phi) is 4.75. The molecular weight excluding hydrogens is 228 g/mol. The molecule has 0 aromatic carbocycles. The number of likely N-dealkylation sites (tertiary alicyclic amines) is 1. The number of rotatable bonds is 5. The molecular formula is C13H22N4O. The van der Waals surface area contributed by atoms with E-state index < -0.39 is 0 Å². The van der Waals surface area contributed by atoms with E-state index >= 15 is 0 Å². The van der Waals surface area contributed by atoms with Crippen LogP contribution in [0.25, 0.3) is 0 Å². The average Bonchev–Trinajstić information content (AvgIpc) is 2.37. The van der Waals surface area contributed by atoms with Crippen LogP contribution in [0.4, 0.5) is 5.82 Å². The summed E-state index contributed by atoms with van der Waals surface area (Å²) in [5, 5.41) is 3.38. The topological polar surface area (TPSA) is 50.3 Å². The van der Waals surface area contributed by atoms with Gasteiger partial charge in [-0.15, -0.1) is 0 Å². The van der Waals surface area contributed by atoms with Crippen molar-refractivity contribution >= 4 is 5.82 Å². The Morgan fingerprint density at radius 2 is 2.39 bits per heavy atom. The molecule has 1 saturated heterocycles. The highest BCUT2D eigenvalue weighted by atomic mass is 16.5. The molecule has 1 aliphatic rings. The molecule has 1 fully saturated rings. The highest BCUT2D eigenvalue weighted by molar-refractivity contribution is 5.37. The van der Waals surface area contributed by atoms with Gasteiger partial charge in [0.2, 0.25) is 5.88 Å². The summed E-state index contributed by atoms with van der Waals surface area (Å²) in [6.07, 6.45) is 4.12. The number of ether oxygens (including phenoxy) is 1. The zero-order valence-corrected chi connectivity index (χ0v) is 11.2. The van der Waals surface area contributed by atoms with E-state index in [4.69, 9.17) is 4.74 Å². The van der Waals surface area contributed by atoms with Gasteiger partial charge < -0.3 is 15.0 Å². The molecule has 2 rings (SSSR count). The van der Waals surface area contributed by atoms with Crippen LogP contribution < -0.4 is 10.1 Å². The van der Waals surface area contributed by atoms with E-state index in [1.54, 1.807) is 6.33 Å². The molecule has 0 radical (unpaired) electrons. The fourth-order valence-electron chi connectivity index (χ4n) is 2.35. The van der Waals surface area contributed by atoms with Gasteiger partial charge in [-0.05, 0) is 39.3 Å². The first-order chi connectivity index (χ1) is 8.78. The number of nitrogens with zero attached hydrogens (tertiary/aromatic N) is 3. The van der Waals surface area contributed by atoms with Crippen molar-refractivity contribution in [3.63, 3.8) is 0 Å². The minimum atomic E-state index is 0.629. The first kappa shape index (κ1) is 13.1. The Bertz CT molecular complexity index is 372. The molecule has 100 valence electrons. The fourth-order valence-corrected chi connectivity index (χ4v) is 2.35. The van der Waals surface area contributed by atoms with E-state index in [-0.39, 0.29) is 0 Å². The largest absolute Gasteiger partial charge is 0.478 e. The predicted molar refractivity (Wildman–Crippen MR) is 71.9 cm³/mol. The molecule has 0 bridgehead atoms. The van der Waals surface area contributed by atoms with Crippen molar-refractivity contribution < 1.29 is 4.74 Å². The maximum absolute atomic E-state index is 5.36. The Morgan fingerprint density at radius 1 is 1.50 bits per heavy atom. The van der Waals surface area contributed by atoms with Gasteiger partial charge in [0.25, 0.3) is 0 Å². The third kappa shape index (κ3) is 3.84. The Morgan fingerprint density at radius 3 is 3.17 bits per heavy atom. The molecule has 1 aromatic heterocycles. The normalized spacial score (nSPS) is 20.7. The lowest BCUT2D eigenvalue weighted by atomic mass is 9.98. The lowest BCUT2D eigenvalue weighted by molar-refractivity contribution is 0.217. The van der Waals surface area contributed by atoms with E-state index in [1.807, 2.05) is 13.0 Å². The minimum absolute atomic E-state index is 0.629. The van der Waals surface area contributed by atoms with Crippen LogP contribution in [0, 0.1) is 5.92 Å². The third-order valence-electron chi connectivity index (χ3n) is 3.23. The molecule has 0 saturated carbocycles. The van der Waals surface area contributed by atoms with Crippen LogP contribution in [0.15, 0.2) is 12.4 Å². The molecule has 1 atom stereocenters. The zero-order chi connectivity index (χ0) is 12.8. The Hall–Kier alpha value is -1.36. The van der Waals surface area contributed by atoms with Gasteiger partial charge in [-0.3, -0.25) is 0 Å². The summed E-state index contributed by atoms with van der Waals surface area (Å²) in [5.41, 5.74) is 0. The first-order valence-corrected chi connectivity index (χ1v) is 6.65. The van der Waals surface area contributed by atoms with Gasteiger partial charge in [-0.1, -0.05) is 0 Å². The molecule has 5 nitrogen and oxygen atoms in total. The molecule has 0 aliphatic carbocycles. The van der Waals surface area contributed by atoms with Crippen LogP contribution in [-0.4, -0.2) is 48.2 Å². The van der Waals surface area contributed by atoms with Crippen molar-refractivity contribution in [3.05, 3.63) is 12.4 Å². The van der Waals surface area contributed by atoms with E-state index in [0.717, 1.165) is 18.9 Å². The quantitative estimate of drug-likeness (QED) is 0.860. The van der Waals surface area contributed by atoms with Gasteiger partial charge >= 0.3 is 0 Å². The molecule has 0 amide bonds. The van der Waals surface area contributed by atoms with Crippen molar-refractivity contribution in [1.82, 2.24) is 14.9 Å². The molecule has 2 heterocycles. The second-order valence-corrected chi connectivity index (χ2v) is 4.83. The summed E-state index contributed by atoms with van der Waals surface area (Å²) in [4.78, 5) is 10.7. The molecule has 1 unspecified atom stereocenters. The Balaban J connectivity index is 1.83. The molecule has 18 heavy (non-hydrogen) atoms. The number of piperidine rings is 1. The summed E-state index contributed by atoms with van der Waals surface area (Å²) in [7, 11) is 2.18. The summed E-state index contributed by atoms with van der Waals surface area (Å²) >= 11 is 0. The van der Waals surface area contributed by atoms with Crippen LogP contribution in [-0.2, 0) is 0 Å². The second kappa shape index (κ2) is 6.54. The van der Waals surface area contributed by atoms with E-state index in [0.29, 0.717) is 18.4 Å². The predicted octanol–water partition coefficient (Wildman–Crippen LogP) is 1.63. The van der Waals surface area contributed by atoms with E-state index in [2.05, 4.69) is 27.2 Å². The monoisotopic (exact) mass is 250 g/mol. The van der Waals surface area contributed by atoms with Crippen LogP contribution in [0.3, 0.4) is 0 Å². The smallest absolute Gasteiger partial charge is 0.218 e. The molecule has 5 heteroatoms. The lowest BCUT2D eigenvalue weighted by Crippen LogP contribution is -2.35. The first-order valence-electron chi connectivity index (χ1n) is 6.65. The summed E-state index contributed by atoms with van der Waals surface area (Å²) in [6, 6.07) is 1.86. The second-order valence-electron chi connectivity index (χ2n) is 4.83. The van der Waals surface area contributed by atoms with Crippen LogP contribution in [0.2, 0.25) is 0 Å². The van der Waals surface area contributed by atoms with Crippen molar-refractivity contribution in [2.75, 3.05) is 38.6 Å². The highest BCUT2D eigenvalue weighted by Gasteiger charge is 2.16. The summed E-state index contributed by atoms with van der Waals surface area (Å²) < 4.78 is 5.36. The third-order valence-corrected chi connectivity index (χ3v) is 3.23. The standard InChI is InChI=1S/C13H22N4O/c1-3-18-13-7-12(15-10-16-13)14-8-11-5-4-6-17(2)9-11/h7,10-11H,3-6,8-9H2,1-2H3,(H,14,15,16). The van der Waals surface area contributed by atoms with E-state index in [1.165, 1.54) is 19.4 Å². The van der Waals surface area contributed by atoms with Crippen molar-refractivity contribution in [2.24, 2.45) is 5.92 Å². The van der Waals surface area contributed by atoms with Crippen LogP contribution in [0.5, 0.6) is 5.88 Å². The number of aromatic nitrogens is 2. The molecule has 1 N–H and O–H groups in total. The van der Waals surface area contributed by atoms with Gasteiger partial charge in [0.15, 0.2) is 0 Å². The number of hydrogen-bond donors (Lipinski definition) is 1. The average molecular weight is 250 g/mol. The van der Waals surface area contributed by atoms with Gasteiger partial charge in [-0.2, -0.15) is 0 Å². The zero-order valence-electron chi connectivity index (χ0n) is 11.2. The summed E-state index contributed by atoms with van der Waals surface area (Å²) in [5.74, 6) is 2.19. The molecule has 1 aliphatic heterocycles. The number of nitrogens with one attached hydrogen (secondary N) is 1. The SMILES string of the molecule is CCOc1cc(NCC2CCCN(C)C2)ncn1. The number of anilines is 1. The summed E-state index contributed by atoms with van der Waals surface area (Å²) in [6.45, 7) is 5.93. The fraction of sp³-hybridized carbons (Fsp3) is 0.692. The van der Waals surface area contributed by atoms with Crippen LogP contribution in [0.1, 0.15) is 19.8 Å². The van der Waals surface area contributed by atoms with E-state index in [9.17, 15) is 0 Å². The van der Waals surface area contributed by atoms with Crippen molar-refractivity contribution in [2.45, 2.75) is 19.8 Å². The highest BCUT2D eigenvalue weighted by Crippen LogP contribution is 2.16. The molecule has 1 aromatic rings. The maximum Gasteiger partial charge on any atom is 0.218 e. The maximum atomic E-state index is 5.36. The van der Waals surface area contributed by atoms with Gasteiger partial charge in [-0.25, -0.2) is 9.97 Å².